The zero-order valence-corrected chi connectivity index (χ0v) is 30.5. The van der Waals surface area contributed by atoms with Crippen LogP contribution >= 0.6 is 0 Å². The molecule has 2 atom stereocenters. The Morgan fingerprint density at radius 1 is 0.692 bits per heavy atom. The quantitative estimate of drug-likeness (QED) is 0.160. The van der Waals surface area contributed by atoms with Crippen LogP contribution in [0.2, 0.25) is 0 Å². The van der Waals surface area contributed by atoms with Crippen molar-refractivity contribution in [3.05, 3.63) is 118 Å². The molecule has 2 aliphatic heterocycles. The molecule has 6 rings (SSSR count). The molecule has 0 unspecified atom stereocenters. The number of nitrogens with zero attached hydrogens (tertiary/aromatic N) is 4. The molecule has 52 heavy (non-hydrogen) atoms. The minimum atomic E-state index is -0.00865. The second-order valence-electron chi connectivity index (χ2n) is 13.5. The Bertz CT molecular complexity index is 1860. The first-order valence-electron chi connectivity index (χ1n) is 18.0. The number of carbonyl (C=O) groups is 4. The van der Waals surface area contributed by atoms with E-state index < -0.39 is 0 Å². The summed E-state index contributed by atoms with van der Waals surface area (Å²) in [6.07, 6.45) is 10.9. The van der Waals surface area contributed by atoms with E-state index in [0.29, 0.717) is 47.0 Å². The molecule has 2 fully saturated rings. The second-order valence-corrected chi connectivity index (χ2v) is 13.5. The van der Waals surface area contributed by atoms with Crippen molar-refractivity contribution >= 4 is 24.4 Å². The predicted molar refractivity (Wildman–Crippen MR) is 199 cm³/mol. The Kier molecular flexibility index (Phi) is 13.3. The minimum Gasteiger partial charge on any atom is -0.491 e. The van der Waals surface area contributed by atoms with Crippen LogP contribution in [-0.4, -0.2) is 82.5 Å². The van der Waals surface area contributed by atoms with Crippen molar-refractivity contribution in [1.82, 2.24) is 19.8 Å². The van der Waals surface area contributed by atoms with Crippen molar-refractivity contribution in [3.63, 3.8) is 0 Å². The Hall–Kier alpha value is -5.38. The van der Waals surface area contributed by atoms with Gasteiger partial charge < -0.3 is 19.3 Å². The highest BCUT2D eigenvalue weighted by molar-refractivity contribution is 5.95. The van der Waals surface area contributed by atoms with Gasteiger partial charge in [-0.15, -0.1) is 0 Å². The van der Waals surface area contributed by atoms with Crippen LogP contribution in [0.15, 0.2) is 73.1 Å². The lowest BCUT2D eigenvalue weighted by atomic mass is 10.0. The molecule has 10 nitrogen and oxygen atoms in total. The molecule has 272 valence electrons. The summed E-state index contributed by atoms with van der Waals surface area (Å²) >= 11 is 0. The van der Waals surface area contributed by atoms with Crippen molar-refractivity contribution in [2.75, 3.05) is 26.3 Å². The third kappa shape index (κ3) is 9.29. The lowest BCUT2D eigenvalue weighted by Gasteiger charge is -2.36. The monoisotopic (exact) mass is 704 g/mol. The van der Waals surface area contributed by atoms with E-state index in [0.717, 1.165) is 86.7 Å². The summed E-state index contributed by atoms with van der Waals surface area (Å²) < 4.78 is 11.9. The molecule has 4 aromatic rings. The fourth-order valence-electron chi connectivity index (χ4n) is 6.74. The molecule has 2 saturated heterocycles. The maximum Gasteiger partial charge on any atom is 0.256 e. The number of aldehydes is 2. The van der Waals surface area contributed by atoms with Gasteiger partial charge in [-0.05, 0) is 114 Å². The molecule has 0 saturated carbocycles. The van der Waals surface area contributed by atoms with Crippen LogP contribution in [-0.2, 0) is 0 Å². The lowest BCUT2D eigenvalue weighted by molar-refractivity contribution is 0.0521. The predicted octanol–water partition coefficient (Wildman–Crippen LogP) is 7.17. The van der Waals surface area contributed by atoms with E-state index in [1.807, 2.05) is 80.0 Å². The van der Waals surface area contributed by atoms with Crippen molar-refractivity contribution in [2.45, 2.75) is 78.3 Å². The van der Waals surface area contributed by atoms with Gasteiger partial charge in [-0.25, -0.2) is 0 Å². The number of carbonyl (C=O) groups excluding carboxylic acids is 4. The summed E-state index contributed by atoms with van der Waals surface area (Å²) in [5.41, 5.74) is 5.80. The van der Waals surface area contributed by atoms with E-state index in [-0.39, 0.29) is 23.9 Å². The van der Waals surface area contributed by atoms with Crippen molar-refractivity contribution < 1.29 is 28.7 Å². The Morgan fingerprint density at radius 3 is 1.75 bits per heavy atom. The number of rotatable bonds is 10. The van der Waals surface area contributed by atoms with Gasteiger partial charge in [0.15, 0.2) is 12.6 Å². The van der Waals surface area contributed by atoms with Gasteiger partial charge in [0.05, 0.1) is 34.3 Å². The van der Waals surface area contributed by atoms with Gasteiger partial charge in [0.25, 0.3) is 11.8 Å². The highest BCUT2D eigenvalue weighted by Crippen LogP contribution is 2.26. The number of amides is 2. The van der Waals surface area contributed by atoms with Crippen LogP contribution in [0.1, 0.15) is 102 Å². The summed E-state index contributed by atoms with van der Waals surface area (Å²) in [5.74, 6) is 1.15. The summed E-state index contributed by atoms with van der Waals surface area (Å²) in [6.45, 7) is 9.73. The normalized spacial score (nSPS) is 17.0. The molecule has 0 bridgehead atoms. The molecule has 2 amide bonds. The Morgan fingerprint density at radius 2 is 1.25 bits per heavy atom. The average Bonchev–Trinajstić information content (AvgIpc) is 3.17. The van der Waals surface area contributed by atoms with Crippen LogP contribution in [0.25, 0.3) is 0 Å². The third-order valence-electron chi connectivity index (χ3n) is 9.84. The standard InChI is InChI=1S/2C21H24N2O3/c1-15-7-5-10-20(19(15)13-24)26-14-17-8-3-4-12-23(17)21(25)18-9-6-11-22-16(18)2;1-15-6-5-8-20(19(15)13-24)26-14-18-7-3-4-11-23(18)21(25)17-10-9-16(2)22-12-17/h5-7,9-11,13,17H,3-4,8,12,14H2,1-2H3;5-6,8-10,12-13,18H,3-4,7,11,14H2,1-2H3/t17-;18-/m00/s1. The maximum absolute atomic E-state index is 13.0. The molecule has 2 aromatic heterocycles. The second kappa shape index (κ2) is 18.2. The summed E-state index contributed by atoms with van der Waals surface area (Å²) in [7, 11) is 0. The number of pyridine rings is 2. The number of aromatic nitrogens is 2. The van der Waals surface area contributed by atoms with E-state index in [2.05, 4.69) is 9.97 Å². The van der Waals surface area contributed by atoms with Gasteiger partial charge in [-0.1, -0.05) is 24.3 Å². The fourth-order valence-corrected chi connectivity index (χ4v) is 6.74. The highest BCUT2D eigenvalue weighted by atomic mass is 16.5. The summed E-state index contributed by atoms with van der Waals surface area (Å²) in [4.78, 5) is 60.8. The number of aryl methyl sites for hydroxylation is 4. The van der Waals surface area contributed by atoms with Crippen molar-refractivity contribution in [2.24, 2.45) is 0 Å². The van der Waals surface area contributed by atoms with Crippen LogP contribution in [0.5, 0.6) is 11.5 Å². The van der Waals surface area contributed by atoms with Crippen LogP contribution in [0, 0.1) is 27.7 Å². The van der Waals surface area contributed by atoms with Crippen LogP contribution in [0.4, 0.5) is 0 Å². The molecule has 4 heterocycles. The van der Waals surface area contributed by atoms with Gasteiger partial charge in [0.1, 0.15) is 24.7 Å². The molecule has 2 aliphatic rings. The largest absolute Gasteiger partial charge is 0.491 e. The van der Waals surface area contributed by atoms with Gasteiger partial charge >= 0.3 is 0 Å². The van der Waals surface area contributed by atoms with E-state index in [4.69, 9.17) is 9.47 Å². The number of piperidine rings is 2. The molecule has 10 heteroatoms. The molecular formula is C42H48N4O6. The third-order valence-corrected chi connectivity index (χ3v) is 9.84. The SMILES string of the molecule is Cc1ccc(C(=O)N2CCCC[C@H]2COc2cccc(C)c2C=O)cn1.Cc1cccc(OC[C@@H]2CCCCN2C(=O)c2cccnc2C)c1C=O. The molecule has 0 N–H and O–H groups in total. The molecular weight excluding hydrogens is 656 g/mol. The minimum absolute atomic E-state index is 0.00225. The first-order chi connectivity index (χ1) is 25.2. The van der Waals surface area contributed by atoms with Crippen LogP contribution < -0.4 is 9.47 Å². The average molecular weight is 705 g/mol. The number of benzene rings is 2. The number of hydrogen-bond donors (Lipinski definition) is 0. The van der Waals surface area contributed by atoms with Gasteiger partial charge in [0.2, 0.25) is 0 Å². The van der Waals surface area contributed by atoms with Gasteiger partial charge in [-0.3, -0.25) is 29.1 Å². The lowest BCUT2D eigenvalue weighted by Crippen LogP contribution is -2.47. The topological polar surface area (TPSA) is 119 Å². The maximum atomic E-state index is 13.0. The first-order valence-corrected chi connectivity index (χ1v) is 18.0. The highest BCUT2D eigenvalue weighted by Gasteiger charge is 2.30. The van der Waals surface area contributed by atoms with E-state index in [1.165, 1.54) is 0 Å². The molecule has 0 radical (unpaired) electrons. The van der Waals surface area contributed by atoms with Gasteiger partial charge in [-0.2, -0.15) is 0 Å². The zero-order valence-electron chi connectivity index (χ0n) is 30.5. The fraction of sp³-hybridized carbons (Fsp3) is 0.381. The number of hydrogen-bond acceptors (Lipinski definition) is 8. The van der Waals surface area contributed by atoms with E-state index in [9.17, 15) is 19.2 Å². The number of ether oxygens (including phenoxy) is 2. The number of likely N-dealkylation sites (tertiary alicyclic amines) is 2. The summed E-state index contributed by atoms with van der Waals surface area (Å²) in [6, 6.07) is 18.4. The van der Waals surface area contributed by atoms with E-state index in [1.54, 1.807) is 30.6 Å². The van der Waals surface area contributed by atoms with E-state index >= 15 is 0 Å². The van der Waals surface area contributed by atoms with Crippen molar-refractivity contribution in [3.8, 4) is 11.5 Å². The molecule has 2 aromatic carbocycles. The van der Waals surface area contributed by atoms with Crippen molar-refractivity contribution in [1.29, 1.82) is 0 Å². The first kappa shape index (κ1) is 37.9. The van der Waals surface area contributed by atoms with Gasteiger partial charge in [0, 0.05) is 36.9 Å². The molecule has 0 spiro atoms. The summed E-state index contributed by atoms with van der Waals surface area (Å²) in [5, 5.41) is 0. The smallest absolute Gasteiger partial charge is 0.256 e. The Balaban J connectivity index is 0.000000201. The van der Waals surface area contributed by atoms with Crippen LogP contribution in [0.3, 0.4) is 0 Å². The Labute approximate surface area is 306 Å². The zero-order chi connectivity index (χ0) is 37.0. The molecule has 0 aliphatic carbocycles.